The Kier molecular flexibility index (Phi) is 3.06. The molecule has 0 unspecified atom stereocenters. The number of hydrogen-bond acceptors (Lipinski definition) is 3. The fourth-order valence-corrected chi connectivity index (χ4v) is 1.94. The molecule has 0 saturated carbocycles. The largest absolute Gasteiger partial charge is 0.478 e. The highest BCUT2D eigenvalue weighted by Crippen LogP contribution is 2.26. The Balaban J connectivity index is 2.83. The zero-order chi connectivity index (χ0) is 13.3. The van der Waals surface area contributed by atoms with Crippen LogP contribution in [0, 0.1) is 6.92 Å². The van der Waals surface area contributed by atoms with E-state index in [1.807, 2.05) is 6.92 Å². The molecule has 1 heterocycles. The van der Waals surface area contributed by atoms with Crippen molar-refractivity contribution >= 4 is 5.97 Å². The van der Waals surface area contributed by atoms with Crippen LogP contribution in [-0.4, -0.2) is 22.4 Å². The van der Waals surface area contributed by atoms with Gasteiger partial charge < -0.3 is 9.94 Å². The van der Waals surface area contributed by atoms with Crippen molar-refractivity contribution in [2.75, 3.05) is 6.61 Å². The van der Waals surface area contributed by atoms with Gasteiger partial charge in [-0.1, -0.05) is 0 Å². The van der Waals surface area contributed by atoms with E-state index in [0.29, 0.717) is 23.4 Å². The Morgan fingerprint density at radius 1 is 1.44 bits per heavy atom. The molecule has 0 fully saturated rings. The standard InChI is InChI=1S/C13H13NO4/c1-3-18-14-7-9-4-5-10(15)6-11(9)12(8(14)2)13(16)17/h4-7H,3H2,1-2H3,(H,16,17). The summed E-state index contributed by atoms with van der Waals surface area (Å²) >= 11 is 0. The third-order valence-corrected chi connectivity index (χ3v) is 2.72. The number of aromatic nitrogens is 1. The molecule has 2 rings (SSSR count). The summed E-state index contributed by atoms with van der Waals surface area (Å²) in [6, 6.07) is 4.33. The Bertz CT molecular complexity index is 630. The van der Waals surface area contributed by atoms with E-state index in [9.17, 15) is 14.7 Å². The van der Waals surface area contributed by atoms with Crippen LogP contribution in [0.15, 0.2) is 29.2 Å². The van der Waals surface area contributed by atoms with Gasteiger partial charge in [0, 0.05) is 11.1 Å². The summed E-state index contributed by atoms with van der Waals surface area (Å²) in [4.78, 5) is 28.0. The molecule has 0 amide bonds. The number of benzene rings is 1. The van der Waals surface area contributed by atoms with E-state index in [2.05, 4.69) is 0 Å². The summed E-state index contributed by atoms with van der Waals surface area (Å²) < 4.78 is 1.43. The van der Waals surface area contributed by atoms with E-state index in [4.69, 9.17) is 4.84 Å². The number of hydrogen-bond donors (Lipinski definition) is 1. The van der Waals surface area contributed by atoms with Crippen LogP contribution < -0.4 is 10.3 Å². The number of carboxylic acids is 1. The van der Waals surface area contributed by atoms with Crippen molar-refractivity contribution in [3.05, 3.63) is 45.9 Å². The molecule has 5 nitrogen and oxygen atoms in total. The van der Waals surface area contributed by atoms with E-state index in [1.54, 1.807) is 19.2 Å². The number of carbonyl (C=O) groups is 1. The SMILES string of the molecule is CCOn1cc2ccc(=O)cc-2c(C(=O)O)c1C. The average molecular weight is 247 g/mol. The molecule has 0 bridgehead atoms. The Hall–Kier alpha value is -2.30. The minimum atomic E-state index is -1.07. The number of nitrogens with zero attached hydrogens (tertiary/aromatic N) is 1. The number of rotatable bonds is 3. The second-order valence-electron chi connectivity index (χ2n) is 3.89. The van der Waals surface area contributed by atoms with E-state index in [-0.39, 0.29) is 11.0 Å². The molecule has 5 heteroatoms. The molecule has 0 aromatic carbocycles. The van der Waals surface area contributed by atoms with Crippen molar-refractivity contribution in [2.24, 2.45) is 0 Å². The molecule has 0 aromatic rings. The van der Waals surface area contributed by atoms with Gasteiger partial charge in [-0.05, 0) is 32.0 Å². The van der Waals surface area contributed by atoms with Crippen LogP contribution in [0.25, 0.3) is 11.1 Å². The number of pyridine rings is 1. The third-order valence-electron chi connectivity index (χ3n) is 2.72. The van der Waals surface area contributed by atoms with Gasteiger partial charge in [-0.15, -0.1) is 0 Å². The Labute approximate surface area is 104 Å². The number of fused-ring (bicyclic) bond motifs is 1. The van der Waals surface area contributed by atoms with Crippen molar-refractivity contribution in [3.8, 4) is 11.1 Å². The monoisotopic (exact) mass is 247 g/mol. The van der Waals surface area contributed by atoms with E-state index < -0.39 is 5.97 Å². The predicted molar refractivity (Wildman–Crippen MR) is 66.1 cm³/mol. The van der Waals surface area contributed by atoms with Gasteiger partial charge in [-0.3, -0.25) is 4.79 Å². The smallest absolute Gasteiger partial charge is 0.338 e. The van der Waals surface area contributed by atoms with E-state index in [0.717, 1.165) is 0 Å². The molecule has 0 radical (unpaired) electrons. The number of carboxylic acid groups (broad SMARTS) is 1. The lowest BCUT2D eigenvalue weighted by Gasteiger charge is -2.18. The molecular formula is C13H13NO4. The number of aromatic carboxylic acids is 1. The fraction of sp³-hybridized carbons (Fsp3) is 0.231. The topological polar surface area (TPSA) is 68.5 Å². The quantitative estimate of drug-likeness (QED) is 0.890. The first-order valence-electron chi connectivity index (χ1n) is 5.57. The van der Waals surface area contributed by atoms with Crippen LogP contribution in [0.5, 0.6) is 0 Å². The molecule has 94 valence electrons. The van der Waals surface area contributed by atoms with Gasteiger partial charge in [0.25, 0.3) is 0 Å². The highest BCUT2D eigenvalue weighted by atomic mass is 16.7. The summed E-state index contributed by atoms with van der Waals surface area (Å²) in [7, 11) is 0. The van der Waals surface area contributed by atoms with Gasteiger partial charge >= 0.3 is 5.97 Å². The van der Waals surface area contributed by atoms with Crippen molar-refractivity contribution in [1.82, 2.24) is 4.73 Å². The first-order valence-corrected chi connectivity index (χ1v) is 5.57. The van der Waals surface area contributed by atoms with Gasteiger partial charge in [0.2, 0.25) is 0 Å². The zero-order valence-electron chi connectivity index (χ0n) is 10.1. The third kappa shape index (κ3) is 1.95. The van der Waals surface area contributed by atoms with Crippen LogP contribution in [0.3, 0.4) is 0 Å². The van der Waals surface area contributed by atoms with Crippen LogP contribution >= 0.6 is 0 Å². The second kappa shape index (κ2) is 4.52. The van der Waals surface area contributed by atoms with Crippen LogP contribution in [0.4, 0.5) is 0 Å². The maximum Gasteiger partial charge on any atom is 0.338 e. The van der Waals surface area contributed by atoms with Gasteiger partial charge in [-0.2, -0.15) is 4.73 Å². The van der Waals surface area contributed by atoms with Crippen molar-refractivity contribution < 1.29 is 14.7 Å². The van der Waals surface area contributed by atoms with E-state index >= 15 is 0 Å². The molecule has 1 aliphatic heterocycles. The summed E-state index contributed by atoms with van der Waals surface area (Å²) in [6.07, 6.45) is 1.68. The Morgan fingerprint density at radius 3 is 2.78 bits per heavy atom. The van der Waals surface area contributed by atoms with Crippen molar-refractivity contribution in [2.45, 2.75) is 13.8 Å². The van der Waals surface area contributed by atoms with Crippen molar-refractivity contribution in [3.63, 3.8) is 0 Å². The molecule has 0 aromatic heterocycles. The lowest BCUT2D eigenvalue weighted by Crippen LogP contribution is -2.19. The van der Waals surface area contributed by atoms with Crippen LogP contribution in [0.2, 0.25) is 0 Å². The highest BCUT2D eigenvalue weighted by molar-refractivity contribution is 5.97. The predicted octanol–water partition coefficient (Wildman–Crippen LogP) is 1.41. The molecule has 0 saturated heterocycles. The van der Waals surface area contributed by atoms with Gasteiger partial charge in [0.1, 0.15) is 6.61 Å². The molecule has 1 N–H and O–H groups in total. The molecule has 2 aliphatic rings. The fourth-order valence-electron chi connectivity index (χ4n) is 1.94. The minimum absolute atomic E-state index is 0.0960. The van der Waals surface area contributed by atoms with E-state index in [1.165, 1.54) is 16.9 Å². The van der Waals surface area contributed by atoms with Crippen molar-refractivity contribution in [1.29, 1.82) is 0 Å². The Morgan fingerprint density at radius 2 is 2.17 bits per heavy atom. The molecular weight excluding hydrogens is 234 g/mol. The maximum absolute atomic E-state index is 11.3. The molecule has 0 spiro atoms. The molecule has 0 atom stereocenters. The van der Waals surface area contributed by atoms with Crippen LogP contribution in [-0.2, 0) is 0 Å². The van der Waals surface area contributed by atoms with Crippen LogP contribution in [0.1, 0.15) is 23.0 Å². The second-order valence-corrected chi connectivity index (χ2v) is 3.89. The first kappa shape index (κ1) is 12.2. The summed E-state index contributed by atoms with van der Waals surface area (Å²) in [5, 5.41) is 9.28. The highest BCUT2D eigenvalue weighted by Gasteiger charge is 2.20. The maximum atomic E-state index is 11.3. The summed E-state index contributed by atoms with van der Waals surface area (Å²) in [5.41, 5.74) is 1.44. The lowest BCUT2D eigenvalue weighted by molar-refractivity contribution is 0.0684. The average Bonchev–Trinajstić information content (AvgIpc) is 2.30. The van der Waals surface area contributed by atoms with Gasteiger partial charge in [0.05, 0.1) is 17.5 Å². The summed E-state index contributed by atoms with van der Waals surface area (Å²) in [6.45, 7) is 3.89. The van der Waals surface area contributed by atoms with Gasteiger partial charge in [0.15, 0.2) is 5.43 Å². The normalized spacial score (nSPS) is 10.6. The molecule has 18 heavy (non-hydrogen) atoms. The summed E-state index contributed by atoms with van der Waals surface area (Å²) in [5.74, 6) is -1.07. The minimum Gasteiger partial charge on any atom is -0.478 e. The lowest BCUT2D eigenvalue weighted by atomic mass is 9.98. The zero-order valence-corrected chi connectivity index (χ0v) is 10.1. The first-order chi connectivity index (χ1) is 8.54. The molecule has 1 aliphatic carbocycles. The van der Waals surface area contributed by atoms with Gasteiger partial charge in [-0.25, -0.2) is 4.79 Å².